The van der Waals surface area contributed by atoms with Gasteiger partial charge in [0.15, 0.2) is 18.4 Å². The van der Waals surface area contributed by atoms with Crippen LogP contribution in [0.15, 0.2) is 213 Å². The van der Waals surface area contributed by atoms with Crippen molar-refractivity contribution in [1.29, 1.82) is 0 Å². The fourth-order valence-corrected chi connectivity index (χ4v) is 11.7. The molecule has 10 aromatic rings. The molecule has 332 valence electrons. The lowest BCUT2D eigenvalue weighted by Gasteiger charge is -2.42. The van der Waals surface area contributed by atoms with Crippen molar-refractivity contribution in [1.82, 2.24) is 0 Å². The van der Waals surface area contributed by atoms with Gasteiger partial charge in [0.25, 0.3) is 0 Å². The van der Waals surface area contributed by atoms with E-state index in [0.717, 1.165) is 25.7 Å². The number of hydrogen-bond acceptors (Lipinski definition) is 0. The van der Waals surface area contributed by atoms with E-state index in [1.807, 2.05) is 0 Å². The largest absolute Gasteiger partial charge is 0.220 e. The molecule has 0 N–H and O–H groups in total. The first-order valence-corrected chi connectivity index (χ1v) is 24.9. The first-order valence-electron chi connectivity index (χ1n) is 24.9. The van der Waals surface area contributed by atoms with E-state index in [4.69, 9.17) is 0 Å². The Morgan fingerprint density at radius 2 is 1.10 bits per heavy atom. The molecule has 3 heterocycles. The van der Waals surface area contributed by atoms with Crippen molar-refractivity contribution in [3.05, 3.63) is 229 Å². The normalized spacial score (nSPS) is 15.3. The third-order valence-corrected chi connectivity index (χ3v) is 15.2. The van der Waals surface area contributed by atoms with E-state index in [2.05, 4.69) is 250 Å². The predicted molar refractivity (Wildman–Crippen MR) is 285 cm³/mol. The second-order valence-corrected chi connectivity index (χ2v) is 19.1. The van der Waals surface area contributed by atoms with E-state index in [1.165, 1.54) is 118 Å². The van der Waals surface area contributed by atoms with Crippen LogP contribution in [0.4, 0.5) is 0 Å². The lowest BCUT2D eigenvalue weighted by molar-refractivity contribution is -0.725. The van der Waals surface area contributed by atoms with E-state index in [9.17, 15) is 0 Å². The van der Waals surface area contributed by atoms with Gasteiger partial charge in [-0.3, -0.25) is 0 Å². The summed E-state index contributed by atoms with van der Waals surface area (Å²) >= 11 is 0. The zero-order valence-corrected chi connectivity index (χ0v) is 39.9. The van der Waals surface area contributed by atoms with E-state index in [1.54, 1.807) is 0 Å². The van der Waals surface area contributed by atoms with E-state index in [0.29, 0.717) is 6.04 Å². The van der Waals surface area contributed by atoms with Gasteiger partial charge in [-0.25, -0.2) is 4.57 Å². The summed E-state index contributed by atoms with van der Waals surface area (Å²) in [5.41, 5.74) is 19.1. The van der Waals surface area contributed by atoms with Crippen molar-refractivity contribution in [2.45, 2.75) is 70.8 Å². The van der Waals surface area contributed by atoms with Gasteiger partial charge in [0.1, 0.15) is 7.05 Å². The Balaban J connectivity index is 1.07. The van der Waals surface area contributed by atoms with Crippen LogP contribution in [0.1, 0.15) is 69.2 Å². The maximum absolute atomic E-state index is 2.67. The van der Waals surface area contributed by atoms with Crippen molar-refractivity contribution in [3.8, 4) is 67.0 Å². The molecule has 0 amide bonds. The van der Waals surface area contributed by atoms with Crippen LogP contribution in [-0.4, -0.2) is 0 Å². The highest BCUT2D eigenvalue weighted by Gasteiger charge is 2.50. The van der Waals surface area contributed by atoms with Crippen molar-refractivity contribution in [3.63, 3.8) is 0 Å². The summed E-state index contributed by atoms with van der Waals surface area (Å²) in [6.45, 7) is 7.13. The minimum atomic E-state index is -0.128. The zero-order chi connectivity index (χ0) is 46.2. The van der Waals surface area contributed by atoms with E-state index < -0.39 is 0 Å². The van der Waals surface area contributed by atoms with Crippen LogP contribution >= 0.6 is 0 Å². The van der Waals surface area contributed by atoms with Crippen LogP contribution in [-0.2, 0) is 25.3 Å². The van der Waals surface area contributed by atoms with Gasteiger partial charge in [-0.15, -0.1) is 0 Å². The molecule has 0 fully saturated rings. The summed E-state index contributed by atoms with van der Waals surface area (Å²) in [5.74, 6) is 0. The summed E-state index contributed by atoms with van der Waals surface area (Å²) in [6, 6.07) is 75.4. The van der Waals surface area contributed by atoms with Crippen LogP contribution in [0, 0.1) is 0 Å². The molecule has 1 aliphatic rings. The molecule has 1 aliphatic heterocycles. The molecule has 68 heavy (non-hydrogen) atoms. The lowest BCUT2D eigenvalue weighted by atomic mass is 9.63. The van der Waals surface area contributed by atoms with E-state index >= 15 is 0 Å². The SMILES string of the molecule is CCCCc1ccc2[n+](c1)C(CC)C(CC)(Cc1ccc(-c3cccc(-c4cc(-c5ccccc5)cc(-c5cccc6ccccc56)c4)c3)cc1-c1c3ccccc3cc[n+]1C)c1ccccc1-2. The topological polar surface area (TPSA) is 7.76 Å². The van der Waals surface area contributed by atoms with Gasteiger partial charge in [0.2, 0.25) is 11.4 Å². The van der Waals surface area contributed by atoms with Gasteiger partial charge in [-0.1, -0.05) is 167 Å². The highest BCUT2D eigenvalue weighted by atomic mass is 15.0. The third kappa shape index (κ3) is 7.72. The number of hydrogen-bond donors (Lipinski definition) is 0. The molecular weight excluding hydrogens is 821 g/mol. The second kappa shape index (κ2) is 18.3. The van der Waals surface area contributed by atoms with Gasteiger partial charge >= 0.3 is 0 Å². The van der Waals surface area contributed by atoms with Gasteiger partial charge in [-0.05, 0) is 146 Å². The van der Waals surface area contributed by atoms with Crippen molar-refractivity contribution >= 4 is 21.5 Å². The van der Waals surface area contributed by atoms with Crippen LogP contribution in [0.5, 0.6) is 0 Å². The van der Waals surface area contributed by atoms with Gasteiger partial charge in [0, 0.05) is 24.1 Å². The number of rotatable bonds is 12. The third-order valence-electron chi connectivity index (χ3n) is 15.2. The molecule has 2 aromatic heterocycles. The molecule has 8 aromatic carbocycles. The zero-order valence-electron chi connectivity index (χ0n) is 39.9. The van der Waals surface area contributed by atoms with Crippen molar-refractivity contribution in [2.24, 2.45) is 7.05 Å². The Morgan fingerprint density at radius 1 is 0.485 bits per heavy atom. The smallest absolute Gasteiger partial charge is 0.200 e. The summed E-state index contributed by atoms with van der Waals surface area (Å²) in [5, 5.41) is 5.04. The summed E-state index contributed by atoms with van der Waals surface area (Å²) < 4.78 is 5.02. The number of fused-ring (bicyclic) bond motifs is 5. The first kappa shape index (κ1) is 43.2. The molecule has 0 radical (unpaired) electrons. The van der Waals surface area contributed by atoms with Crippen molar-refractivity contribution < 1.29 is 9.13 Å². The van der Waals surface area contributed by atoms with Gasteiger partial charge in [-0.2, -0.15) is 4.57 Å². The minimum Gasteiger partial charge on any atom is -0.200 e. The molecule has 0 saturated carbocycles. The second-order valence-electron chi connectivity index (χ2n) is 19.1. The summed E-state index contributed by atoms with van der Waals surface area (Å²) in [7, 11) is 2.22. The van der Waals surface area contributed by atoms with E-state index in [-0.39, 0.29) is 5.41 Å². The monoisotopic (exact) mass is 880 g/mol. The number of aryl methyl sites for hydroxylation is 2. The molecule has 2 nitrogen and oxygen atoms in total. The fraction of sp³-hybridized carbons (Fsp3) is 0.182. The molecule has 2 heteroatoms. The fourth-order valence-electron chi connectivity index (χ4n) is 11.7. The minimum absolute atomic E-state index is 0.128. The molecule has 0 bridgehead atoms. The average molecular weight is 881 g/mol. The van der Waals surface area contributed by atoms with Crippen LogP contribution in [0.3, 0.4) is 0 Å². The Hall–Kier alpha value is -7.42. The number of aromatic nitrogens is 2. The Kier molecular flexibility index (Phi) is 11.6. The van der Waals surface area contributed by atoms with Gasteiger partial charge in [0.05, 0.1) is 21.9 Å². The van der Waals surface area contributed by atoms with Gasteiger partial charge < -0.3 is 0 Å². The number of pyridine rings is 2. The van der Waals surface area contributed by atoms with Crippen LogP contribution < -0.4 is 9.13 Å². The molecular formula is C66H60N2+2. The molecule has 0 spiro atoms. The molecule has 2 unspecified atom stereocenters. The highest BCUT2D eigenvalue weighted by molar-refractivity contribution is 5.99. The predicted octanol–water partition coefficient (Wildman–Crippen LogP) is 16.3. The molecule has 2 atom stereocenters. The number of nitrogens with zero attached hydrogens (tertiary/aromatic N) is 2. The molecule has 11 rings (SSSR count). The number of unbranched alkanes of at least 4 members (excludes halogenated alkanes) is 1. The molecule has 0 aliphatic carbocycles. The van der Waals surface area contributed by atoms with Crippen LogP contribution in [0.2, 0.25) is 0 Å². The maximum Gasteiger partial charge on any atom is 0.220 e. The first-order chi connectivity index (χ1) is 33.5. The molecule has 0 saturated heterocycles. The Morgan fingerprint density at radius 3 is 1.90 bits per heavy atom. The standard InChI is InChI=1S/C66H60N2/c1-5-8-20-46-33-36-63-60-30-16-17-32-62(60)66(7-3,64(6-2)68(63)45-46)44-53-35-34-52(43-61(53)65-59-29-15-13-24-49(59)37-38-67(65)4)50-26-18-27-51(39-50)55-40-54(47-21-10-9-11-22-47)41-56(42-55)58-31-19-25-48-23-12-14-28-57(48)58/h9-19,21-43,45,64H,5-8,20,44H2,1-4H3/q+2. The summed E-state index contributed by atoms with van der Waals surface area (Å²) in [6.07, 6.45) is 11.3. The number of benzene rings is 8. The lowest BCUT2D eigenvalue weighted by Crippen LogP contribution is -2.56. The van der Waals surface area contributed by atoms with Crippen LogP contribution in [0.25, 0.3) is 88.6 Å². The highest BCUT2D eigenvalue weighted by Crippen LogP contribution is 2.50. The maximum atomic E-state index is 2.67. The quantitative estimate of drug-likeness (QED) is 0.108. The van der Waals surface area contributed by atoms with Crippen molar-refractivity contribution in [2.75, 3.05) is 0 Å². The Labute approximate surface area is 402 Å². The summed E-state index contributed by atoms with van der Waals surface area (Å²) in [4.78, 5) is 0. The Bertz CT molecular complexity index is 3470. The average Bonchev–Trinajstić information content (AvgIpc) is 3.40.